The van der Waals surface area contributed by atoms with E-state index in [2.05, 4.69) is 10.6 Å². The van der Waals surface area contributed by atoms with E-state index in [1.54, 1.807) is 0 Å². The van der Waals surface area contributed by atoms with Crippen molar-refractivity contribution in [1.29, 1.82) is 0 Å². The Kier molecular flexibility index (Phi) is 4.39. The van der Waals surface area contributed by atoms with Crippen LogP contribution in [0, 0.1) is 0 Å². The van der Waals surface area contributed by atoms with Gasteiger partial charge >= 0.3 is 0 Å². The number of anilines is 2. The molecule has 0 bridgehead atoms. The summed E-state index contributed by atoms with van der Waals surface area (Å²) in [4.78, 5) is 24.4. The first-order chi connectivity index (χ1) is 12.7. The lowest BCUT2D eigenvalue weighted by molar-refractivity contribution is -0.116. The Labute approximate surface area is 156 Å². The van der Waals surface area contributed by atoms with Crippen molar-refractivity contribution in [1.82, 2.24) is 0 Å². The second kappa shape index (κ2) is 6.84. The molecule has 0 aromatic heterocycles. The molecule has 2 aromatic rings. The molecule has 132 valence electrons. The maximum atomic E-state index is 12.5. The highest BCUT2D eigenvalue weighted by Crippen LogP contribution is 2.42. The van der Waals surface area contributed by atoms with Crippen molar-refractivity contribution < 1.29 is 14.3 Å². The zero-order valence-corrected chi connectivity index (χ0v) is 14.7. The molecule has 6 heteroatoms. The third-order valence-corrected chi connectivity index (χ3v) is 4.71. The molecule has 0 unspecified atom stereocenters. The van der Waals surface area contributed by atoms with Crippen LogP contribution in [0.4, 0.5) is 11.4 Å². The van der Waals surface area contributed by atoms with Gasteiger partial charge in [0.25, 0.3) is 5.91 Å². The van der Waals surface area contributed by atoms with Gasteiger partial charge < -0.3 is 15.4 Å². The fraction of sp³-hybridized carbons (Fsp3) is 0.200. The van der Waals surface area contributed by atoms with Gasteiger partial charge in [-0.25, -0.2) is 0 Å². The Morgan fingerprint density at radius 3 is 2.88 bits per heavy atom. The van der Waals surface area contributed by atoms with E-state index in [1.807, 2.05) is 42.5 Å². The van der Waals surface area contributed by atoms with Crippen LogP contribution in [0.2, 0.25) is 0 Å². The maximum Gasteiger partial charge on any atom is 0.260 e. The number of ether oxygens (including phenoxy) is 1. The Morgan fingerprint density at radius 1 is 1.19 bits per heavy atom. The summed E-state index contributed by atoms with van der Waals surface area (Å²) in [5.41, 5.74) is 4.65. The summed E-state index contributed by atoms with van der Waals surface area (Å²) in [6.45, 7) is 0.407. The molecule has 2 amide bonds. The molecule has 2 aromatic carbocycles. The van der Waals surface area contributed by atoms with Crippen molar-refractivity contribution in [2.45, 2.75) is 19.4 Å². The number of fused-ring (bicyclic) bond motifs is 2. The summed E-state index contributed by atoms with van der Waals surface area (Å²) in [7, 11) is 0. The topological polar surface area (TPSA) is 67.4 Å². The van der Waals surface area contributed by atoms with Gasteiger partial charge in [0.05, 0.1) is 5.57 Å². The zero-order valence-electron chi connectivity index (χ0n) is 14.0. The van der Waals surface area contributed by atoms with Gasteiger partial charge in [0, 0.05) is 40.4 Å². The number of carbonyl (C=O) groups excluding carboxylic acids is 2. The van der Waals surface area contributed by atoms with Gasteiger partial charge in [-0.1, -0.05) is 24.3 Å². The van der Waals surface area contributed by atoms with E-state index < -0.39 is 0 Å². The smallest absolute Gasteiger partial charge is 0.260 e. The third-order valence-electron chi connectivity index (χ3n) is 4.45. The zero-order chi connectivity index (χ0) is 18.1. The molecule has 0 atom stereocenters. The molecule has 0 aliphatic carbocycles. The van der Waals surface area contributed by atoms with Crippen molar-refractivity contribution in [2.75, 3.05) is 16.5 Å². The molecule has 26 heavy (non-hydrogen) atoms. The van der Waals surface area contributed by atoms with Crippen LogP contribution in [-0.4, -0.2) is 17.7 Å². The highest BCUT2D eigenvalue weighted by molar-refractivity contribution is 6.36. The predicted octanol–water partition coefficient (Wildman–Crippen LogP) is 3.99. The van der Waals surface area contributed by atoms with E-state index in [0.29, 0.717) is 42.3 Å². The van der Waals surface area contributed by atoms with E-state index in [0.717, 1.165) is 22.4 Å². The van der Waals surface area contributed by atoms with E-state index >= 15 is 0 Å². The number of hydrogen-bond acceptors (Lipinski definition) is 3. The highest BCUT2D eigenvalue weighted by atomic mass is 35.5. The first kappa shape index (κ1) is 16.7. The molecular formula is C20H17ClN2O3. The van der Waals surface area contributed by atoms with E-state index in [4.69, 9.17) is 16.3 Å². The lowest BCUT2D eigenvalue weighted by atomic mass is 10.00. The van der Waals surface area contributed by atoms with Gasteiger partial charge in [-0.15, -0.1) is 11.6 Å². The fourth-order valence-electron chi connectivity index (χ4n) is 3.22. The minimum Gasteiger partial charge on any atom is -0.487 e. The number of rotatable bonds is 4. The van der Waals surface area contributed by atoms with Gasteiger partial charge in [0.1, 0.15) is 12.4 Å². The largest absolute Gasteiger partial charge is 0.487 e. The third kappa shape index (κ3) is 2.95. The number of para-hydroxylation sites is 1. The summed E-state index contributed by atoms with van der Waals surface area (Å²) < 4.78 is 5.85. The Balaban J connectivity index is 1.70. The number of alkyl halides is 1. The highest BCUT2D eigenvalue weighted by Gasteiger charge is 2.32. The molecule has 2 N–H and O–H groups in total. The van der Waals surface area contributed by atoms with Crippen molar-refractivity contribution in [3.8, 4) is 0 Å². The number of hydrogen-bond donors (Lipinski definition) is 2. The molecule has 0 saturated carbocycles. The van der Waals surface area contributed by atoms with Crippen molar-refractivity contribution in [2.24, 2.45) is 0 Å². The average Bonchev–Trinajstić information content (AvgIpc) is 3.19. The van der Waals surface area contributed by atoms with E-state index in [1.165, 1.54) is 0 Å². The minimum absolute atomic E-state index is 0.0809. The van der Waals surface area contributed by atoms with Crippen LogP contribution >= 0.6 is 11.6 Å². The van der Waals surface area contributed by atoms with Crippen molar-refractivity contribution in [3.63, 3.8) is 0 Å². The normalized spacial score (nSPS) is 17.3. The Hall–Kier alpha value is -2.79. The number of carbonyl (C=O) groups is 2. The van der Waals surface area contributed by atoms with Crippen LogP contribution in [0.25, 0.3) is 11.3 Å². The quantitative estimate of drug-likeness (QED) is 0.633. The minimum atomic E-state index is -0.175. The summed E-state index contributed by atoms with van der Waals surface area (Å²) in [5, 5.41) is 5.74. The van der Waals surface area contributed by atoms with Crippen LogP contribution in [0.3, 0.4) is 0 Å². The Morgan fingerprint density at radius 2 is 2.04 bits per heavy atom. The fourth-order valence-corrected chi connectivity index (χ4v) is 3.35. The SMILES string of the molecule is O=C(CCCCl)Nc1ccc2c(c1)/C(=C1/C(=O)Nc3ccccc31)OC2. The molecule has 0 saturated heterocycles. The maximum absolute atomic E-state index is 12.5. The van der Waals surface area contributed by atoms with Gasteiger partial charge in [0.2, 0.25) is 5.91 Å². The second-order valence-electron chi connectivity index (χ2n) is 6.21. The molecular weight excluding hydrogens is 352 g/mol. The lowest BCUT2D eigenvalue weighted by Gasteiger charge is -2.08. The standard InChI is InChI=1S/C20H17ClN2O3/c21-9-3-6-17(24)22-13-8-7-12-11-26-19(15(12)10-13)18-14-4-1-2-5-16(14)23-20(18)25/h1-2,4-5,7-8,10H,3,6,9,11H2,(H,22,24)(H,23,25)/b19-18-. The number of amides is 2. The lowest BCUT2D eigenvalue weighted by Crippen LogP contribution is -2.11. The van der Waals surface area contributed by atoms with Crippen LogP contribution in [0.5, 0.6) is 0 Å². The first-order valence-corrected chi connectivity index (χ1v) is 8.98. The number of benzene rings is 2. The van der Waals surface area contributed by atoms with E-state index in [-0.39, 0.29) is 11.8 Å². The second-order valence-corrected chi connectivity index (χ2v) is 6.58. The van der Waals surface area contributed by atoms with Gasteiger partial charge in [-0.2, -0.15) is 0 Å². The molecule has 2 aliphatic rings. The molecule has 2 aliphatic heterocycles. The van der Waals surface area contributed by atoms with Crippen LogP contribution in [0.1, 0.15) is 29.5 Å². The number of nitrogens with one attached hydrogen (secondary N) is 2. The monoisotopic (exact) mass is 368 g/mol. The van der Waals surface area contributed by atoms with Crippen molar-refractivity contribution in [3.05, 3.63) is 59.2 Å². The van der Waals surface area contributed by atoms with Gasteiger partial charge in [-0.3, -0.25) is 9.59 Å². The molecule has 5 nitrogen and oxygen atoms in total. The van der Waals surface area contributed by atoms with Gasteiger partial charge in [0.15, 0.2) is 0 Å². The molecule has 0 fully saturated rings. The first-order valence-electron chi connectivity index (χ1n) is 8.44. The van der Waals surface area contributed by atoms with Gasteiger partial charge in [-0.05, 0) is 24.6 Å². The molecule has 2 heterocycles. The van der Waals surface area contributed by atoms with Crippen LogP contribution < -0.4 is 10.6 Å². The Bertz CT molecular complexity index is 936. The molecule has 0 spiro atoms. The molecule has 4 rings (SSSR count). The van der Waals surface area contributed by atoms with Crippen molar-refractivity contribution >= 4 is 46.1 Å². The summed E-state index contributed by atoms with van der Waals surface area (Å²) in [6.07, 6.45) is 1.01. The predicted molar refractivity (Wildman–Crippen MR) is 102 cm³/mol. The van der Waals surface area contributed by atoms with Crippen LogP contribution in [0.15, 0.2) is 42.5 Å². The summed E-state index contributed by atoms with van der Waals surface area (Å²) in [5.74, 6) is 0.753. The molecule has 0 radical (unpaired) electrons. The number of halogens is 1. The summed E-state index contributed by atoms with van der Waals surface area (Å²) in [6, 6.07) is 13.2. The van der Waals surface area contributed by atoms with E-state index in [9.17, 15) is 9.59 Å². The average molecular weight is 369 g/mol. The summed E-state index contributed by atoms with van der Waals surface area (Å²) >= 11 is 5.63. The van der Waals surface area contributed by atoms with Crippen LogP contribution in [-0.2, 0) is 20.9 Å².